The van der Waals surface area contributed by atoms with Crippen LogP contribution < -0.4 is 10.1 Å². The van der Waals surface area contributed by atoms with Crippen LogP contribution in [-0.4, -0.2) is 43.3 Å². The summed E-state index contributed by atoms with van der Waals surface area (Å²) in [5.41, 5.74) is 0.877. The molecular formula is C15H26N2O2. The molecule has 0 heterocycles. The van der Waals surface area contributed by atoms with Crippen LogP contribution in [0.1, 0.15) is 25.8 Å². The molecule has 4 nitrogen and oxygen atoms in total. The average molecular weight is 266 g/mol. The van der Waals surface area contributed by atoms with Gasteiger partial charge in [-0.3, -0.25) is 0 Å². The molecule has 0 atom stereocenters. The first-order chi connectivity index (χ1) is 9.22. The molecule has 1 aromatic rings. The minimum Gasteiger partial charge on any atom is -0.504 e. The number of phenolic OH excluding ortho intramolecular Hbond substituents is 1. The van der Waals surface area contributed by atoms with E-state index in [1.165, 1.54) is 0 Å². The predicted octanol–water partition coefficient (Wildman–Crippen LogP) is 2.22. The number of rotatable bonds is 9. The molecule has 0 aliphatic carbocycles. The fraction of sp³-hybridized carbons (Fsp3) is 0.600. The molecule has 0 aliphatic rings. The maximum absolute atomic E-state index is 9.94. The number of para-hydroxylation sites is 1. The Labute approximate surface area is 116 Å². The third-order valence-corrected chi connectivity index (χ3v) is 3.34. The number of nitrogens with zero attached hydrogens (tertiary/aromatic N) is 1. The number of hydrogen-bond acceptors (Lipinski definition) is 4. The molecule has 0 fully saturated rings. The molecule has 0 radical (unpaired) electrons. The highest BCUT2D eigenvalue weighted by Crippen LogP contribution is 2.28. The Balaban J connectivity index is 2.30. The highest BCUT2D eigenvalue weighted by atomic mass is 16.5. The maximum atomic E-state index is 9.94. The van der Waals surface area contributed by atoms with Gasteiger partial charge in [-0.2, -0.15) is 0 Å². The minimum atomic E-state index is 0.237. The van der Waals surface area contributed by atoms with E-state index in [2.05, 4.69) is 24.1 Å². The quantitative estimate of drug-likeness (QED) is 0.673. The third-order valence-electron chi connectivity index (χ3n) is 3.34. The van der Waals surface area contributed by atoms with Gasteiger partial charge >= 0.3 is 0 Å². The van der Waals surface area contributed by atoms with Gasteiger partial charge in [0.25, 0.3) is 0 Å². The van der Waals surface area contributed by atoms with Crippen molar-refractivity contribution in [2.24, 2.45) is 0 Å². The number of hydrogen-bond donors (Lipinski definition) is 2. The first-order valence-electron chi connectivity index (χ1n) is 7.00. The second-order valence-corrected chi connectivity index (χ2v) is 4.53. The zero-order valence-electron chi connectivity index (χ0n) is 12.3. The number of nitrogens with one attached hydrogen (secondary N) is 1. The Morgan fingerprint density at radius 1 is 1.26 bits per heavy atom. The van der Waals surface area contributed by atoms with Crippen LogP contribution in [0.2, 0.25) is 0 Å². The van der Waals surface area contributed by atoms with Gasteiger partial charge in [0.2, 0.25) is 0 Å². The standard InChI is InChI=1S/C15H26N2O2/c1-4-17(5-2)11-7-10-16-12-13-8-6-9-14(19-3)15(13)18/h6,8-9,16,18H,4-5,7,10-12H2,1-3H3. The van der Waals surface area contributed by atoms with E-state index in [-0.39, 0.29) is 5.75 Å². The molecule has 19 heavy (non-hydrogen) atoms. The summed E-state index contributed by atoms with van der Waals surface area (Å²) in [6.45, 7) is 9.31. The molecule has 1 aromatic carbocycles. The SMILES string of the molecule is CCN(CC)CCCNCc1cccc(OC)c1O. The van der Waals surface area contributed by atoms with Gasteiger partial charge < -0.3 is 20.1 Å². The van der Waals surface area contributed by atoms with Gasteiger partial charge in [-0.05, 0) is 38.7 Å². The van der Waals surface area contributed by atoms with Crippen molar-refractivity contribution in [3.05, 3.63) is 23.8 Å². The molecule has 108 valence electrons. The molecule has 0 saturated carbocycles. The Morgan fingerprint density at radius 2 is 2.00 bits per heavy atom. The van der Waals surface area contributed by atoms with Crippen molar-refractivity contribution in [3.8, 4) is 11.5 Å². The summed E-state index contributed by atoms with van der Waals surface area (Å²) >= 11 is 0. The topological polar surface area (TPSA) is 44.7 Å². The van der Waals surface area contributed by atoms with Crippen molar-refractivity contribution in [1.29, 1.82) is 0 Å². The molecule has 0 spiro atoms. The summed E-state index contributed by atoms with van der Waals surface area (Å²) in [5, 5.41) is 13.3. The summed E-state index contributed by atoms with van der Waals surface area (Å²) in [5.74, 6) is 0.767. The number of methoxy groups -OCH3 is 1. The molecule has 0 amide bonds. The monoisotopic (exact) mass is 266 g/mol. The van der Waals surface area contributed by atoms with Crippen LogP contribution in [0, 0.1) is 0 Å². The van der Waals surface area contributed by atoms with Crippen molar-refractivity contribution in [3.63, 3.8) is 0 Å². The van der Waals surface area contributed by atoms with Crippen molar-refractivity contribution >= 4 is 0 Å². The molecule has 4 heteroatoms. The van der Waals surface area contributed by atoms with Crippen LogP contribution >= 0.6 is 0 Å². The van der Waals surface area contributed by atoms with Crippen molar-refractivity contribution in [2.45, 2.75) is 26.8 Å². The molecule has 1 rings (SSSR count). The molecule has 0 aromatic heterocycles. The van der Waals surface area contributed by atoms with Crippen LogP contribution in [0.3, 0.4) is 0 Å². The van der Waals surface area contributed by atoms with Crippen LogP contribution in [0.15, 0.2) is 18.2 Å². The first kappa shape index (κ1) is 15.8. The highest BCUT2D eigenvalue weighted by Gasteiger charge is 2.06. The second kappa shape index (κ2) is 8.77. The van der Waals surface area contributed by atoms with Crippen molar-refractivity contribution in [2.75, 3.05) is 33.3 Å². The lowest BCUT2D eigenvalue weighted by Crippen LogP contribution is -2.27. The van der Waals surface area contributed by atoms with E-state index in [9.17, 15) is 5.11 Å². The lowest BCUT2D eigenvalue weighted by atomic mass is 10.2. The summed E-state index contributed by atoms with van der Waals surface area (Å²) in [4.78, 5) is 2.41. The summed E-state index contributed by atoms with van der Waals surface area (Å²) in [6.07, 6.45) is 1.12. The minimum absolute atomic E-state index is 0.237. The van der Waals surface area contributed by atoms with E-state index in [1.54, 1.807) is 13.2 Å². The van der Waals surface area contributed by atoms with Gasteiger partial charge in [-0.15, -0.1) is 0 Å². The van der Waals surface area contributed by atoms with E-state index in [1.807, 2.05) is 12.1 Å². The average Bonchev–Trinajstić information content (AvgIpc) is 2.44. The Hall–Kier alpha value is -1.26. The van der Waals surface area contributed by atoms with Crippen LogP contribution in [0.25, 0.3) is 0 Å². The van der Waals surface area contributed by atoms with Crippen LogP contribution in [0.4, 0.5) is 0 Å². The Kier molecular flexibility index (Phi) is 7.30. The third kappa shape index (κ3) is 5.09. The van der Waals surface area contributed by atoms with E-state index in [0.29, 0.717) is 12.3 Å². The van der Waals surface area contributed by atoms with Crippen molar-refractivity contribution in [1.82, 2.24) is 10.2 Å². The van der Waals surface area contributed by atoms with Crippen molar-refractivity contribution < 1.29 is 9.84 Å². The highest BCUT2D eigenvalue weighted by molar-refractivity contribution is 5.45. The summed E-state index contributed by atoms with van der Waals surface area (Å²) in [6, 6.07) is 5.57. The zero-order valence-corrected chi connectivity index (χ0v) is 12.3. The molecule has 0 aliphatic heterocycles. The van der Waals surface area contributed by atoms with Gasteiger partial charge in [-0.25, -0.2) is 0 Å². The first-order valence-corrected chi connectivity index (χ1v) is 7.00. The Morgan fingerprint density at radius 3 is 2.63 bits per heavy atom. The Bertz CT molecular complexity index is 365. The predicted molar refractivity (Wildman–Crippen MR) is 78.8 cm³/mol. The van der Waals surface area contributed by atoms with Gasteiger partial charge in [0, 0.05) is 12.1 Å². The fourth-order valence-electron chi connectivity index (χ4n) is 2.07. The van der Waals surface area contributed by atoms with Gasteiger partial charge in [0.05, 0.1) is 7.11 Å². The van der Waals surface area contributed by atoms with Gasteiger partial charge in [0.15, 0.2) is 11.5 Å². The van der Waals surface area contributed by atoms with E-state index < -0.39 is 0 Å². The van der Waals surface area contributed by atoms with Crippen LogP contribution in [-0.2, 0) is 6.54 Å². The number of phenols is 1. The lowest BCUT2D eigenvalue weighted by Gasteiger charge is -2.17. The largest absolute Gasteiger partial charge is 0.504 e. The van der Waals surface area contributed by atoms with Gasteiger partial charge in [0.1, 0.15) is 0 Å². The molecule has 0 unspecified atom stereocenters. The second-order valence-electron chi connectivity index (χ2n) is 4.53. The maximum Gasteiger partial charge on any atom is 0.162 e. The summed E-state index contributed by atoms with van der Waals surface area (Å²) in [7, 11) is 1.57. The van der Waals surface area contributed by atoms with E-state index in [0.717, 1.165) is 38.2 Å². The molecule has 0 saturated heterocycles. The van der Waals surface area contributed by atoms with E-state index in [4.69, 9.17) is 4.74 Å². The fourth-order valence-corrected chi connectivity index (χ4v) is 2.07. The zero-order chi connectivity index (χ0) is 14.1. The molecular weight excluding hydrogens is 240 g/mol. The number of ether oxygens (including phenoxy) is 1. The van der Waals surface area contributed by atoms with Gasteiger partial charge in [-0.1, -0.05) is 26.0 Å². The lowest BCUT2D eigenvalue weighted by molar-refractivity contribution is 0.297. The van der Waals surface area contributed by atoms with E-state index >= 15 is 0 Å². The van der Waals surface area contributed by atoms with Crippen LogP contribution in [0.5, 0.6) is 11.5 Å². The molecule has 0 bridgehead atoms. The number of aromatic hydroxyl groups is 1. The number of benzene rings is 1. The normalized spacial score (nSPS) is 10.9. The smallest absolute Gasteiger partial charge is 0.162 e. The summed E-state index contributed by atoms with van der Waals surface area (Å²) < 4.78 is 5.09. The molecule has 2 N–H and O–H groups in total.